The zero-order chi connectivity index (χ0) is 22.2. The van der Waals surface area contributed by atoms with E-state index in [1.807, 2.05) is 0 Å². The van der Waals surface area contributed by atoms with Crippen LogP contribution in [-0.2, 0) is 37.4 Å². The van der Waals surface area contributed by atoms with Gasteiger partial charge in [-0.2, -0.15) is 0 Å². The molecule has 0 saturated heterocycles. The first-order valence-electron chi connectivity index (χ1n) is 9.57. The van der Waals surface area contributed by atoms with Gasteiger partial charge in [0.05, 0.1) is 16.1 Å². The number of aryl methyl sites for hydroxylation is 1. The summed E-state index contributed by atoms with van der Waals surface area (Å²) in [5.74, 6) is -1.03. The third-order valence-corrected chi connectivity index (χ3v) is 6.34. The second-order valence-corrected chi connectivity index (χ2v) is 8.94. The smallest absolute Gasteiger partial charge is 0.264 e. The van der Waals surface area contributed by atoms with Gasteiger partial charge < -0.3 is 15.2 Å². The molecule has 0 bridgehead atoms. The SMILES string of the molecule is CC(=O)Nc1cccc2c1ccn2CC(=O)NS(=O)(=O)c1ccc2c(c1)CCC(=O)N2. The summed E-state index contributed by atoms with van der Waals surface area (Å²) in [4.78, 5) is 35.3. The van der Waals surface area contributed by atoms with Crippen LogP contribution >= 0.6 is 0 Å². The van der Waals surface area contributed by atoms with Crippen molar-refractivity contribution in [1.29, 1.82) is 0 Å². The molecule has 0 atom stereocenters. The van der Waals surface area contributed by atoms with Crippen LogP contribution in [0.3, 0.4) is 0 Å². The van der Waals surface area contributed by atoms with Gasteiger partial charge in [0.1, 0.15) is 6.54 Å². The monoisotopic (exact) mass is 440 g/mol. The third kappa shape index (κ3) is 4.29. The number of hydrogen-bond donors (Lipinski definition) is 3. The highest BCUT2D eigenvalue weighted by atomic mass is 32.2. The summed E-state index contributed by atoms with van der Waals surface area (Å²) >= 11 is 0. The number of aromatic nitrogens is 1. The molecule has 1 aliphatic rings. The highest BCUT2D eigenvalue weighted by molar-refractivity contribution is 7.90. The Morgan fingerprint density at radius 1 is 1.13 bits per heavy atom. The van der Waals surface area contributed by atoms with Crippen molar-refractivity contribution in [3.8, 4) is 0 Å². The van der Waals surface area contributed by atoms with E-state index in [4.69, 9.17) is 0 Å². The molecule has 1 aliphatic heterocycles. The van der Waals surface area contributed by atoms with Gasteiger partial charge in [-0.3, -0.25) is 14.4 Å². The Hall–Kier alpha value is -3.66. The summed E-state index contributed by atoms with van der Waals surface area (Å²) in [5, 5.41) is 6.16. The number of nitrogens with one attached hydrogen (secondary N) is 3. The Morgan fingerprint density at radius 2 is 1.94 bits per heavy atom. The first-order valence-corrected chi connectivity index (χ1v) is 11.0. The molecule has 0 spiro atoms. The average Bonchev–Trinajstić information content (AvgIpc) is 3.10. The van der Waals surface area contributed by atoms with Gasteiger partial charge in [-0.15, -0.1) is 0 Å². The Morgan fingerprint density at radius 3 is 2.71 bits per heavy atom. The largest absolute Gasteiger partial charge is 0.338 e. The molecular weight excluding hydrogens is 420 g/mol. The fourth-order valence-electron chi connectivity index (χ4n) is 3.58. The lowest BCUT2D eigenvalue weighted by Gasteiger charge is -2.17. The van der Waals surface area contributed by atoms with Gasteiger partial charge in [-0.05, 0) is 48.4 Å². The summed E-state index contributed by atoms with van der Waals surface area (Å²) < 4.78 is 29.1. The number of benzene rings is 2. The van der Waals surface area contributed by atoms with Crippen LogP contribution in [0.15, 0.2) is 53.6 Å². The number of nitrogens with zero attached hydrogens (tertiary/aromatic N) is 1. The molecular formula is C21H20N4O5S. The summed E-state index contributed by atoms with van der Waals surface area (Å²) in [6, 6.07) is 11.4. The van der Waals surface area contributed by atoms with Crippen molar-refractivity contribution < 1.29 is 22.8 Å². The zero-order valence-electron chi connectivity index (χ0n) is 16.6. The number of sulfonamides is 1. The molecule has 3 amide bonds. The topological polar surface area (TPSA) is 126 Å². The number of fused-ring (bicyclic) bond motifs is 2. The predicted molar refractivity (Wildman–Crippen MR) is 115 cm³/mol. The molecule has 0 saturated carbocycles. The highest BCUT2D eigenvalue weighted by Gasteiger charge is 2.22. The van der Waals surface area contributed by atoms with Crippen LogP contribution in [0, 0.1) is 0 Å². The number of carbonyl (C=O) groups excluding carboxylic acids is 3. The van der Waals surface area contributed by atoms with E-state index in [0.29, 0.717) is 28.9 Å². The maximum atomic E-state index is 12.7. The molecule has 2 heterocycles. The minimum absolute atomic E-state index is 0.0407. The first-order chi connectivity index (χ1) is 14.7. The van der Waals surface area contributed by atoms with Crippen molar-refractivity contribution >= 4 is 50.0 Å². The molecule has 3 N–H and O–H groups in total. The lowest BCUT2D eigenvalue weighted by molar-refractivity contribution is -0.120. The lowest BCUT2D eigenvalue weighted by Crippen LogP contribution is -2.33. The molecule has 0 radical (unpaired) electrons. The standard InChI is InChI=1S/C21H20N4O5S/c1-13(26)22-18-3-2-4-19-16(18)9-10-25(19)12-21(28)24-31(29,30)15-6-7-17-14(11-15)5-8-20(27)23-17/h2-4,6-7,9-11H,5,8,12H2,1H3,(H,22,26)(H,23,27)(H,24,28). The van der Waals surface area contributed by atoms with Crippen LogP contribution in [-0.4, -0.2) is 30.7 Å². The van der Waals surface area contributed by atoms with Crippen LogP contribution < -0.4 is 15.4 Å². The van der Waals surface area contributed by atoms with Crippen LogP contribution in [0.1, 0.15) is 18.9 Å². The van der Waals surface area contributed by atoms with Crippen molar-refractivity contribution in [3.63, 3.8) is 0 Å². The van der Waals surface area contributed by atoms with Crippen molar-refractivity contribution in [1.82, 2.24) is 9.29 Å². The highest BCUT2D eigenvalue weighted by Crippen LogP contribution is 2.26. The van der Waals surface area contributed by atoms with E-state index in [-0.39, 0.29) is 29.7 Å². The van der Waals surface area contributed by atoms with Gasteiger partial charge in [-0.25, -0.2) is 13.1 Å². The van der Waals surface area contributed by atoms with Gasteiger partial charge >= 0.3 is 0 Å². The van der Waals surface area contributed by atoms with E-state index >= 15 is 0 Å². The predicted octanol–water partition coefficient (Wildman–Crippen LogP) is 1.99. The maximum Gasteiger partial charge on any atom is 0.264 e. The van der Waals surface area contributed by atoms with Crippen LogP contribution in [0.2, 0.25) is 0 Å². The van der Waals surface area contributed by atoms with Gasteiger partial charge in [0, 0.05) is 30.6 Å². The van der Waals surface area contributed by atoms with E-state index in [2.05, 4.69) is 15.4 Å². The summed E-state index contributed by atoms with van der Waals surface area (Å²) in [5.41, 5.74) is 2.58. The fraction of sp³-hybridized carbons (Fsp3) is 0.190. The molecule has 2 aromatic carbocycles. The molecule has 3 aromatic rings. The van der Waals surface area contributed by atoms with E-state index in [9.17, 15) is 22.8 Å². The van der Waals surface area contributed by atoms with E-state index in [1.54, 1.807) is 35.0 Å². The van der Waals surface area contributed by atoms with Gasteiger partial charge in [0.15, 0.2) is 0 Å². The number of hydrogen-bond acceptors (Lipinski definition) is 5. The summed E-state index contributed by atoms with van der Waals surface area (Å²) in [6.07, 6.45) is 2.37. The minimum atomic E-state index is -4.07. The number of rotatable bonds is 5. The van der Waals surface area contributed by atoms with E-state index < -0.39 is 15.9 Å². The summed E-state index contributed by atoms with van der Waals surface area (Å²) in [6.45, 7) is 1.19. The Balaban J connectivity index is 1.52. The molecule has 9 nitrogen and oxygen atoms in total. The van der Waals surface area contributed by atoms with Crippen molar-refractivity contribution in [3.05, 3.63) is 54.2 Å². The summed E-state index contributed by atoms with van der Waals surface area (Å²) in [7, 11) is -4.07. The van der Waals surface area contributed by atoms with Crippen molar-refractivity contribution in [2.24, 2.45) is 0 Å². The van der Waals surface area contributed by atoms with E-state index in [1.165, 1.54) is 25.1 Å². The molecule has 0 fully saturated rings. The number of anilines is 2. The third-order valence-electron chi connectivity index (χ3n) is 4.97. The molecule has 10 heteroatoms. The van der Waals surface area contributed by atoms with Crippen molar-refractivity contribution in [2.45, 2.75) is 31.2 Å². The number of amides is 3. The molecule has 160 valence electrons. The second-order valence-electron chi connectivity index (χ2n) is 7.26. The van der Waals surface area contributed by atoms with Crippen LogP contribution in [0.25, 0.3) is 10.9 Å². The normalized spacial score (nSPS) is 13.4. The first kappa shape index (κ1) is 20.6. The second kappa shape index (κ2) is 7.88. The molecule has 1 aromatic heterocycles. The molecule has 4 rings (SSSR count). The molecule has 0 aliphatic carbocycles. The van der Waals surface area contributed by atoms with Gasteiger partial charge in [0.25, 0.3) is 15.9 Å². The van der Waals surface area contributed by atoms with Crippen molar-refractivity contribution in [2.75, 3.05) is 10.6 Å². The van der Waals surface area contributed by atoms with Crippen LogP contribution in [0.4, 0.5) is 11.4 Å². The minimum Gasteiger partial charge on any atom is -0.338 e. The molecule has 31 heavy (non-hydrogen) atoms. The molecule has 0 unspecified atom stereocenters. The Kier molecular flexibility index (Phi) is 5.24. The van der Waals surface area contributed by atoms with Crippen LogP contribution in [0.5, 0.6) is 0 Å². The lowest BCUT2D eigenvalue weighted by atomic mass is 10.0. The average molecular weight is 440 g/mol. The maximum absolute atomic E-state index is 12.7. The fourth-order valence-corrected chi connectivity index (χ4v) is 4.61. The number of carbonyl (C=O) groups is 3. The Labute approximate surface area is 178 Å². The van der Waals surface area contributed by atoms with E-state index in [0.717, 1.165) is 5.39 Å². The van der Waals surface area contributed by atoms with Gasteiger partial charge in [0.2, 0.25) is 11.8 Å². The van der Waals surface area contributed by atoms with Gasteiger partial charge in [-0.1, -0.05) is 6.07 Å². The Bertz CT molecular complexity index is 1330. The zero-order valence-corrected chi connectivity index (χ0v) is 17.5. The quantitative estimate of drug-likeness (QED) is 0.559.